The van der Waals surface area contributed by atoms with E-state index in [1.54, 1.807) is 11.8 Å². The molecule has 1 fully saturated rings. The van der Waals surface area contributed by atoms with Gasteiger partial charge in [0.05, 0.1) is 12.4 Å². The SMILES string of the molecule is O=C(CCCOc1ccc(C2SCC(=O)N2Cc2ccccc2)cc1)NCc1ccc2c(c1)OCO2. The molecular weight excluding hydrogens is 476 g/mol. The van der Waals surface area contributed by atoms with Crippen molar-refractivity contribution in [3.8, 4) is 17.2 Å². The Morgan fingerprint density at radius 1 is 1.00 bits per heavy atom. The second-order valence-corrected chi connectivity index (χ2v) is 9.72. The van der Waals surface area contributed by atoms with E-state index in [2.05, 4.69) is 5.32 Å². The second-order valence-electron chi connectivity index (χ2n) is 8.66. The maximum Gasteiger partial charge on any atom is 0.234 e. The summed E-state index contributed by atoms with van der Waals surface area (Å²) in [6.45, 7) is 1.74. The number of rotatable bonds is 10. The smallest absolute Gasteiger partial charge is 0.234 e. The van der Waals surface area contributed by atoms with Gasteiger partial charge in [-0.3, -0.25) is 9.59 Å². The highest BCUT2D eigenvalue weighted by molar-refractivity contribution is 8.00. The van der Waals surface area contributed by atoms with Crippen molar-refractivity contribution < 1.29 is 23.8 Å². The van der Waals surface area contributed by atoms with Gasteiger partial charge in [0, 0.05) is 19.5 Å². The van der Waals surface area contributed by atoms with E-state index in [1.165, 1.54) is 0 Å². The zero-order chi connectivity index (χ0) is 24.7. The van der Waals surface area contributed by atoms with Crippen molar-refractivity contribution in [3.63, 3.8) is 0 Å². The van der Waals surface area contributed by atoms with E-state index in [-0.39, 0.29) is 24.0 Å². The number of carbonyl (C=O) groups excluding carboxylic acids is 2. The van der Waals surface area contributed by atoms with Crippen LogP contribution in [0.2, 0.25) is 0 Å². The number of ether oxygens (including phenoxy) is 3. The first-order valence-corrected chi connectivity index (χ1v) is 13.0. The third-order valence-electron chi connectivity index (χ3n) is 6.07. The van der Waals surface area contributed by atoms with Crippen LogP contribution in [0.25, 0.3) is 0 Å². The summed E-state index contributed by atoms with van der Waals surface area (Å²) in [6.07, 6.45) is 1.00. The Balaban J connectivity index is 1.05. The third-order valence-corrected chi connectivity index (χ3v) is 7.33. The molecule has 36 heavy (non-hydrogen) atoms. The molecule has 1 unspecified atom stereocenters. The first-order valence-electron chi connectivity index (χ1n) is 12.0. The summed E-state index contributed by atoms with van der Waals surface area (Å²) in [6, 6.07) is 23.6. The van der Waals surface area contributed by atoms with E-state index in [9.17, 15) is 9.59 Å². The highest BCUT2D eigenvalue weighted by Gasteiger charge is 2.32. The fourth-order valence-electron chi connectivity index (χ4n) is 4.17. The van der Waals surface area contributed by atoms with Crippen LogP contribution in [0.3, 0.4) is 0 Å². The van der Waals surface area contributed by atoms with Gasteiger partial charge in [0.25, 0.3) is 0 Å². The first kappa shape index (κ1) is 24.1. The molecule has 2 aliphatic heterocycles. The molecule has 1 atom stereocenters. The number of amides is 2. The number of nitrogens with zero attached hydrogens (tertiary/aromatic N) is 1. The first-order chi connectivity index (χ1) is 17.7. The summed E-state index contributed by atoms with van der Waals surface area (Å²) in [5.41, 5.74) is 3.17. The second kappa shape index (κ2) is 11.4. The van der Waals surface area contributed by atoms with Crippen LogP contribution in [-0.2, 0) is 22.7 Å². The lowest BCUT2D eigenvalue weighted by atomic mass is 10.1. The Bertz CT molecular complexity index is 1200. The van der Waals surface area contributed by atoms with E-state index < -0.39 is 0 Å². The quantitative estimate of drug-likeness (QED) is 0.405. The highest BCUT2D eigenvalue weighted by atomic mass is 32.2. The molecule has 2 aliphatic rings. The molecular formula is C28H28N2O5S. The number of nitrogens with one attached hydrogen (secondary N) is 1. The van der Waals surface area contributed by atoms with Crippen LogP contribution in [0.15, 0.2) is 72.8 Å². The molecule has 8 heteroatoms. The number of hydrogen-bond acceptors (Lipinski definition) is 6. The lowest BCUT2D eigenvalue weighted by Gasteiger charge is -2.24. The summed E-state index contributed by atoms with van der Waals surface area (Å²) >= 11 is 1.65. The average molecular weight is 505 g/mol. The maximum atomic E-state index is 12.5. The van der Waals surface area contributed by atoms with Gasteiger partial charge in [0.2, 0.25) is 18.6 Å². The van der Waals surface area contributed by atoms with Crippen LogP contribution < -0.4 is 19.5 Å². The topological polar surface area (TPSA) is 77.1 Å². The molecule has 0 aromatic heterocycles. The molecule has 0 aliphatic carbocycles. The van der Waals surface area contributed by atoms with E-state index in [1.807, 2.05) is 77.7 Å². The van der Waals surface area contributed by atoms with Gasteiger partial charge in [-0.25, -0.2) is 0 Å². The minimum atomic E-state index is -0.0203. The summed E-state index contributed by atoms with van der Waals surface area (Å²) in [4.78, 5) is 26.6. The van der Waals surface area contributed by atoms with Crippen molar-refractivity contribution >= 4 is 23.6 Å². The lowest BCUT2D eigenvalue weighted by molar-refractivity contribution is -0.128. The molecule has 186 valence electrons. The summed E-state index contributed by atoms with van der Waals surface area (Å²) < 4.78 is 16.5. The van der Waals surface area contributed by atoms with Crippen LogP contribution in [0.5, 0.6) is 17.2 Å². The van der Waals surface area contributed by atoms with Gasteiger partial charge >= 0.3 is 0 Å². The van der Waals surface area contributed by atoms with Gasteiger partial charge < -0.3 is 24.4 Å². The van der Waals surface area contributed by atoms with Crippen molar-refractivity contribution in [3.05, 3.63) is 89.5 Å². The minimum absolute atomic E-state index is 0.000197. The zero-order valence-corrected chi connectivity index (χ0v) is 20.7. The van der Waals surface area contributed by atoms with Crippen molar-refractivity contribution in [2.24, 2.45) is 0 Å². The van der Waals surface area contributed by atoms with E-state index in [0.29, 0.717) is 44.0 Å². The molecule has 3 aromatic rings. The van der Waals surface area contributed by atoms with Gasteiger partial charge in [-0.2, -0.15) is 0 Å². The predicted octanol–water partition coefficient (Wildman–Crippen LogP) is 4.66. The van der Waals surface area contributed by atoms with Gasteiger partial charge in [-0.15, -0.1) is 11.8 Å². The van der Waals surface area contributed by atoms with E-state index >= 15 is 0 Å². The monoisotopic (exact) mass is 504 g/mol. The number of thioether (sulfide) groups is 1. The molecule has 2 amide bonds. The Hall–Kier alpha value is -3.65. The molecule has 1 saturated heterocycles. The van der Waals surface area contributed by atoms with Crippen molar-refractivity contribution in [2.75, 3.05) is 19.2 Å². The zero-order valence-electron chi connectivity index (χ0n) is 19.9. The molecule has 7 nitrogen and oxygen atoms in total. The number of fused-ring (bicyclic) bond motifs is 1. The van der Waals surface area contributed by atoms with Crippen molar-refractivity contribution in [1.29, 1.82) is 0 Å². The summed E-state index contributed by atoms with van der Waals surface area (Å²) in [7, 11) is 0. The van der Waals surface area contributed by atoms with Crippen LogP contribution in [-0.4, -0.2) is 35.9 Å². The third kappa shape index (κ3) is 5.94. The summed E-state index contributed by atoms with van der Waals surface area (Å²) in [5, 5.41) is 2.93. The van der Waals surface area contributed by atoms with Crippen LogP contribution in [0.4, 0.5) is 0 Å². The number of benzene rings is 3. The maximum absolute atomic E-state index is 12.5. The molecule has 0 bridgehead atoms. The van der Waals surface area contributed by atoms with E-state index in [0.717, 1.165) is 28.2 Å². The Morgan fingerprint density at radius 3 is 2.64 bits per heavy atom. The van der Waals surface area contributed by atoms with Gasteiger partial charge in [0.1, 0.15) is 11.1 Å². The molecule has 5 rings (SSSR count). The molecule has 0 spiro atoms. The Kier molecular flexibility index (Phi) is 7.61. The van der Waals surface area contributed by atoms with Gasteiger partial charge in [0.15, 0.2) is 11.5 Å². The molecule has 1 N–H and O–H groups in total. The predicted molar refractivity (Wildman–Crippen MR) is 138 cm³/mol. The highest BCUT2D eigenvalue weighted by Crippen LogP contribution is 2.40. The molecule has 0 saturated carbocycles. The fourth-order valence-corrected chi connectivity index (χ4v) is 5.36. The van der Waals surface area contributed by atoms with E-state index in [4.69, 9.17) is 14.2 Å². The lowest BCUT2D eigenvalue weighted by Crippen LogP contribution is -2.27. The van der Waals surface area contributed by atoms with Crippen LogP contribution in [0, 0.1) is 0 Å². The normalized spacial score (nSPS) is 16.3. The standard InChI is InChI=1S/C28H28N2O5S/c31-26(29-16-21-8-13-24-25(15-21)35-19-34-24)7-4-14-33-23-11-9-22(10-12-23)28-30(27(32)18-36-28)17-20-5-2-1-3-6-20/h1-3,5-6,8-13,15,28H,4,7,14,16-19H2,(H,29,31). The van der Waals surface area contributed by atoms with Gasteiger partial charge in [-0.05, 0) is 47.4 Å². The number of carbonyl (C=O) groups is 2. The van der Waals surface area contributed by atoms with Crippen molar-refractivity contribution in [2.45, 2.75) is 31.3 Å². The molecule has 2 heterocycles. The minimum Gasteiger partial charge on any atom is -0.494 e. The van der Waals surface area contributed by atoms with Gasteiger partial charge in [-0.1, -0.05) is 48.5 Å². The fraction of sp³-hybridized carbons (Fsp3) is 0.286. The largest absolute Gasteiger partial charge is 0.494 e. The van der Waals surface area contributed by atoms with Crippen molar-refractivity contribution in [1.82, 2.24) is 10.2 Å². The Morgan fingerprint density at radius 2 is 1.81 bits per heavy atom. The molecule has 3 aromatic carbocycles. The van der Waals surface area contributed by atoms with Crippen LogP contribution >= 0.6 is 11.8 Å². The average Bonchev–Trinajstić information content (AvgIpc) is 3.52. The Labute approximate surface area is 214 Å². The summed E-state index contributed by atoms with van der Waals surface area (Å²) in [5.74, 6) is 2.83. The number of hydrogen-bond donors (Lipinski definition) is 1. The van der Waals surface area contributed by atoms with Crippen LogP contribution in [0.1, 0.15) is 34.9 Å². The molecule has 0 radical (unpaired) electrons.